The molecule has 1 aliphatic heterocycles. The van der Waals surface area contributed by atoms with E-state index in [9.17, 15) is 14.7 Å². The van der Waals surface area contributed by atoms with Gasteiger partial charge < -0.3 is 19.8 Å². The van der Waals surface area contributed by atoms with E-state index in [-0.39, 0.29) is 37.8 Å². The molecule has 1 aromatic carbocycles. The maximum absolute atomic E-state index is 11.9. The van der Waals surface area contributed by atoms with Gasteiger partial charge in [0.05, 0.1) is 7.11 Å². The first kappa shape index (κ1) is 15.3. The smallest absolute Gasteiger partial charge is 0.326 e. The van der Waals surface area contributed by atoms with Gasteiger partial charge in [0, 0.05) is 31.9 Å². The average molecular weight is 293 g/mol. The van der Waals surface area contributed by atoms with Crippen LogP contribution in [0.25, 0.3) is 0 Å². The number of rotatable bonds is 6. The molecular formula is C15H19NO5. The Bertz CT molecular complexity index is 531. The van der Waals surface area contributed by atoms with Gasteiger partial charge >= 0.3 is 5.97 Å². The first-order valence-corrected chi connectivity index (χ1v) is 6.81. The second kappa shape index (κ2) is 6.58. The number of carbonyl (C=O) groups excluding carboxylic acids is 1. The minimum Gasteiger partial charge on any atom is -0.497 e. The van der Waals surface area contributed by atoms with Crippen LogP contribution in [0.5, 0.6) is 5.75 Å². The lowest BCUT2D eigenvalue weighted by Gasteiger charge is -2.24. The van der Waals surface area contributed by atoms with E-state index in [1.807, 2.05) is 6.07 Å². The molecule has 0 radical (unpaired) electrons. The van der Waals surface area contributed by atoms with Crippen molar-refractivity contribution >= 4 is 11.9 Å². The van der Waals surface area contributed by atoms with Gasteiger partial charge in [-0.25, -0.2) is 4.79 Å². The summed E-state index contributed by atoms with van der Waals surface area (Å²) in [7, 11) is 1.55. The molecule has 21 heavy (non-hydrogen) atoms. The van der Waals surface area contributed by atoms with Crippen LogP contribution in [0.15, 0.2) is 24.3 Å². The van der Waals surface area contributed by atoms with Crippen LogP contribution in [0.3, 0.4) is 0 Å². The Morgan fingerprint density at radius 2 is 2.29 bits per heavy atom. The summed E-state index contributed by atoms with van der Waals surface area (Å²) in [6.07, 6.45) is 0.425. The highest BCUT2D eigenvalue weighted by molar-refractivity contribution is 5.85. The number of hydrogen-bond acceptors (Lipinski definition) is 4. The number of methoxy groups -OCH3 is 1. The molecule has 1 aliphatic rings. The minimum absolute atomic E-state index is 0.103. The number of nitrogens with zero attached hydrogens (tertiary/aromatic N) is 1. The summed E-state index contributed by atoms with van der Waals surface area (Å²) in [5, 5.41) is 18.5. The van der Waals surface area contributed by atoms with Crippen LogP contribution in [0.2, 0.25) is 0 Å². The van der Waals surface area contributed by atoms with Crippen LogP contribution in [0, 0.1) is 5.92 Å². The van der Waals surface area contributed by atoms with Gasteiger partial charge in [0.1, 0.15) is 11.8 Å². The maximum atomic E-state index is 11.9. The molecule has 6 nitrogen and oxygen atoms in total. The second-order valence-electron chi connectivity index (χ2n) is 5.21. The van der Waals surface area contributed by atoms with Crippen LogP contribution in [0.4, 0.5) is 0 Å². The molecular weight excluding hydrogens is 274 g/mol. The van der Waals surface area contributed by atoms with Gasteiger partial charge in [0.15, 0.2) is 0 Å². The predicted octanol–water partition coefficient (Wildman–Crippen LogP) is 0.532. The SMILES string of the molecule is COc1cccc(CC(C(=O)O)N2CC(CO)CC2=O)c1. The molecule has 114 valence electrons. The number of carboxylic acid groups (broad SMARTS) is 1. The van der Waals surface area contributed by atoms with E-state index in [0.717, 1.165) is 5.56 Å². The highest BCUT2D eigenvalue weighted by atomic mass is 16.5. The molecule has 2 N–H and O–H groups in total. The molecule has 1 fully saturated rings. The van der Waals surface area contributed by atoms with Gasteiger partial charge in [-0.1, -0.05) is 12.1 Å². The van der Waals surface area contributed by atoms with E-state index in [0.29, 0.717) is 5.75 Å². The molecule has 2 unspecified atom stereocenters. The summed E-state index contributed by atoms with van der Waals surface area (Å²) in [6.45, 7) is 0.185. The second-order valence-corrected chi connectivity index (χ2v) is 5.21. The Hall–Kier alpha value is -2.08. The zero-order valence-corrected chi connectivity index (χ0v) is 11.9. The molecule has 0 bridgehead atoms. The quantitative estimate of drug-likeness (QED) is 0.799. The number of benzene rings is 1. The van der Waals surface area contributed by atoms with Gasteiger partial charge in [-0.2, -0.15) is 0 Å². The Morgan fingerprint density at radius 3 is 2.86 bits per heavy atom. The van der Waals surface area contributed by atoms with Crippen molar-refractivity contribution < 1.29 is 24.5 Å². The highest BCUT2D eigenvalue weighted by Crippen LogP contribution is 2.23. The van der Waals surface area contributed by atoms with Gasteiger partial charge in [-0.05, 0) is 17.7 Å². The predicted molar refractivity (Wildman–Crippen MR) is 75.0 cm³/mol. The van der Waals surface area contributed by atoms with Crippen molar-refractivity contribution in [3.8, 4) is 5.75 Å². The first-order chi connectivity index (χ1) is 10.0. The summed E-state index contributed by atoms with van der Waals surface area (Å²) in [5.41, 5.74) is 0.794. The fourth-order valence-electron chi connectivity index (χ4n) is 2.59. The molecule has 1 aromatic rings. The third-order valence-corrected chi connectivity index (χ3v) is 3.72. The molecule has 0 spiro atoms. The molecule has 1 heterocycles. The number of aliphatic carboxylic acids is 1. The summed E-state index contributed by atoms with van der Waals surface area (Å²) >= 11 is 0. The molecule has 2 rings (SSSR count). The lowest BCUT2D eigenvalue weighted by molar-refractivity contribution is -0.148. The Morgan fingerprint density at radius 1 is 1.52 bits per heavy atom. The standard InChI is InChI=1S/C15H19NO5/c1-21-12-4-2-3-10(5-12)6-13(15(19)20)16-8-11(9-17)7-14(16)18/h2-5,11,13,17H,6-9H2,1H3,(H,19,20). The van der Waals surface area contributed by atoms with E-state index in [4.69, 9.17) is 9.84 Å². The highest BCUT2D eigenvalue weighted by Gasteiger charge is 2.37. The van der Waals surface area contributed by atoms with E-state index in [1.54, 1.807) is 25.3 Å². The molecule has 6 heteroatoms. The largest absolute Gasteiger partial charge is 0.497 e. The average Bonchev–Trinajstić information content (AvgIpc) is 2.85. The first-order valence-electron chi connectivity index (χ1n) is 6.81. The van der Waals surface area contributed by atoms with Crippen molar-refractivity contribution in [2.24, 2.45) is 5.92 Å². The van der Waals surface area contributed by atoms with E-state index in [1.165, 1.54) is 4.90 Å². The van der Waals surface area contributed by atoms with Crippen LogP contribution < -0.4 is 4.74 Å². The lowest BCUT2D eigenvalue weighted by Crippen LogP contribution is -2.43. The van der Waals surface area contributed by atoms with Crippen molar-refractivity contribution in [1.29, 1.82) is 0 Å². The monoisotopic (exact) mass is 293 g/mol. The minimum atomic E-state index is -1.04. The van der Waals surface area contributed by atoms with Crippen molar-refractivity contribution in [3.05, 3.63) is 29.8 Å². The molecule has 0 saturated carbocycles. The number of likely N-dealkylation sites (tertiary alicyclic amines) is 1. The van der Waals surface area contributed by atoms with Crippen LogP contribution in [-0.2, 0) is 16.0 Å². The van der Waals surface area contributed by atoms with Crippen LogP contribution in [-0.4, -0.2) is 53.3 Å². The number of ether oxygens (including phenoxy) is 1. The third-order valence-electron chi connectivity index (χ3n) is 3.72. The topological polar surface area (TPSA) is 87.1 Å². The summed E-state index contributed by atoms with van der Waals surface area (Å²) < 4.78 is 5.12. The van der Waals surface area contributed by atoms with Crippen molar-refractivity contribution in [3.63, 3.8) is 0 Å². The Labute approximate surface area is 122 Å². The zero-order chi connectivity index (χ0) is 15.4. The number of carbonyl (C=O) groups is 2. The maximum Gasteiger partial charge on any atom is 0.326 e. The van der Waals surface area contributed by atoms with E-state index < -0.39 is 12.0 Å². The molecule has 0 aliphatic carbocycles. The van der Waals surface area contributed by atoms with Gasteiger partial charge in [0.25, 0.3) is 0 Å². The fraction of sp³-hybridized carbons (Fsp3) is 0.467. The molecule has 2 atom stereocenters. The number of carboxylic acids is 1. The van der Waals surface area contributed by atoms with Gasteiger partial charge in [-0.3, -0.25) is 4.79 Å². The Kier molecular flexibility index (Phi) is 4.80. The summed E-state index contributed by atoms with van der Waals surface area (Å²) in [4.78, 5) is 24.8. The molecule has 1 amide bonds. The van der Waals surface area contributed by atoms with Gasteiger partial charge in [-0.15, -0.1) is 0 Å². The zero-order valence-electron chi connectivity index (χ0n) is 11.9. The lowest BCUT2D eigenvalue weighted by atomic mass is 10.0. The normalized spacial score (nSPS) is 19.6. The van der Waals surface area contributed by atoms with E-state index in [2.05, 4.69) is 0 Å². The van der Waals surface area contributed by atoms with Crippen molar-refractivity contribution in [2.45, 2.75) is 18.9 Å². The van der Waals surface area contributed by atoms with E-state index >= 15 is 0 Å². The third kappa shape index (κ3) is 3.52. The number of aliphatic hydroxyl groups excluding tert-OH is 1. The van der Waals surface area contributed by atoms with Crippen molar-refractivity contribution in [2.75, 3.05) is 20.3 Å². The number of aliphatic hydroxyl groups is 1. The number of amides is 1. The van der Waals surface area contributed by atoms with Crippen LogP contribution >= 0.6 is 0 Å². The molecule has 1 saturated heterocycles. The van der Waals surface area contributed by atoms with Gasteiger partial charge in [0.2, 0.25) is 5.91 Å². The fourth-order valence-corrected chi connectivity index (χ4v) is 2.59. The van der Waals surface area contributed by atoms with Crippen LogP contribution in [0.1, 0.15) is 12.0 Å². The Balaban J connectivity index is 2.16. The summed E-state index contributed by atoms with van der Waals surface area (Å²) in [6, 6.07) is 6.22. The number of hydrogen-bond donors (Lipinski definition) is 2. The molecule has 0 aromatic heterocycles. The summed E-state index contributed by atoms with van der Waals surface area (Å²) in [5.74, 6) is -0.781. The van der Waals surface area contributed by atoms with Crippen molar-refractivity contribution in [1.82, 2.24) is 4.90 Å².